The van der Waals surface area contributed by atoms with Crippen LogP contribution in [-0.2, 0) is 10.8 Å². The summed E-state index contributed by atoms with van der Waals surface area (Å²) < 4.78 is 4.16. The van der Waals surface area contributed by atoms with Gasteiger partial charge < -0.3 is 9.13 Å². The molecule has 304 valence electrons. The SMILES string of the molecule is [B]c1c([B])c([B])c2c(c1[B])c1c([B])c(-n3c4ccc(C(C)(C)C)cc4c4cc(C(C)(C)C)ccc43)c([B])c([B])c1n2-c1cccc(S(c2ccccc2)(c2ccccc2)c2ccccc2)c1. The Morgan fingerprint density at radius 1 is 0.364 bits per heavy atom. The first-order valence-corrected chi connectivity index (χ1v) is 23.8. The first-order chi connectivity index (χ1) is 31.5. The van der Waals surface area contributed by atoms with E-state index in [-0.39, 0.29) is 32.7 Å². The fraction of sp³-hybridized carbons (Fsp3) is 0.143. The van der Waals surface area contributed by atoms with Crippen molar-refractivity contribution in [2.24, 2.45) is 0 Å². The average Bonchev–Trinajstić information content (AvgIpc) is 3.84. The number of nitrogens with zero attached hydrogens (tertiary/aromatic N) is 2. The molecule has 0 N–H and O–H groups in total. The zero-order valence-electron chi connectivity index (χ0n) is 38.3. The summed E-state index contributed by atoms with van der Waals surface area (Å²) in [5, 5.41) is 3.29. The largest absolute Gasteiger partial charge is 0.310 e. The van der Waals surface area contributed by atoms with Crippen LogP contribution < -0.4 is 38.2 Å². The third-order valence-corrected chi connectivity index (χ3v) is 17.2. The first-order valence-electron chi connectivity index (χ1n) is 22.2. The summed E-state index contributed by atoms with van der Waals surface area (Å²) in [4.78, 5) is 4.61. The van der Waals surface area contributed by atoms with E-state index < -0.39 is 10.0 Å². The Morgan fingerprint density at radius 3 is 1.23 bits per heavy atom. The third kappa shape index (κ3) is 6.56. The van der Waals surface area contributed by atoms with Gasteiger partial charge >= 0.3 is 0 Å². The van der Waals surface area contributed by atoms with E-state index in [4.69, 9.17) is 54.9 Å². The van der Waals surface area contributed by atoms with Crippen molar-refractivity contribution in [1.82, 2.24) is 9.13 Å². The summed E-state index contributed by atoms with van der Waals surface area (Å²) in [7, 11) is 48.1. The monoisotopic (exact) mass is 852 g/mol. The number of aromatic nitrogens is 2. The molecule has 10 rings (SSSR count). The minimum absolute atomic E-state index is 0.0888. The van der Waals surface area contributed by atoms with Crippen molar-refractivity contribution < 1.29 is 0 Å². The standard InChI is InChI=1S/C56H43B7N2S/c1-55(2,3)32-25-27-41-39(29-32)40-30-33(56(4,5)6)26-28-42(40)65(41)54-46(58)44-43-45(57)47(59)48(60)49(61)52(43)64(53(44)50(62)51(54)63)34-17-16-24-38(31-34)66(35-18-10-7-11-19-35,36-20-12-8-13-21-36)37-22-14-9-15-23-37/h7-31H,1-6H3. The highest BCUT2D eigenvalue weighted by Gasteiger charge is 2.34. The van der Waals surface area contributed by atoms with E-state index in [1.807, 2.05) is 10.6 Å². The van der Waals surface area contributed by atoms with Crippen molar-refractivity contribution in [2.45, 2.75) is 72.0 Å². The lowest BCUT2D eigenvalue weighted by Gasteiger charge is -2.42. The van der Waals surface area contributed by atoms with E-state index in [0.29, 0.717) is 43.9 Å². The van der Waals surface area contributed by atoms with Crippen molar-refractivity contribution in [1.29, 1.82) is 0 Å². The lowest BCUT2D eigenvalue weighted by molar-refractivity contribution is 0.590. The predicted molar refractivity (Wildman–Crippen MR) is 290 cm³/mol. The van der Waals surface area contributed by atoms with Crippen molar-refractivity contribution in [3.8, 4) is 11.4 Å². The van der Waals surface area contributed by atoms with Crippen LogP contribution >= 0.6 is 10.0 Å². The Hall–Kier alpha value is -5.84. The smallest absolute Gasteiger partial charge is 0.117 e. The van der Waals surface area contributed by atoms with Gasteiger partial charge in [-0.2, -0.15) is 0 Å². The molecule has 0 saturated heterocycles. The second-order valence-corrected chi connectivity index (χ2v) is 22.5. The van der Waals surface area contributed by atoms with Crippen LogP contribution in [0.1, 0.15) is 52.7 Å². The molecule has 0 unspecified atom stereocenters. The summed E-state index contributed by atoms with van der Waals surface area (Å²) in [5.41, 5.74) is 8.39. The van der Waals surface area contributed by atoms with Gasteiger partial charge in [0.1, 0.15) is 54.9 Å². The average molecular weight is 852 g/mol. The lowest BCUT2D eigenvalue weighted by atomic mass is 9.65. The van der Waals surface area contributed by atoms with Crippen LogP contribution in [0.25, 0.3) is 55.0 Å². The molecular weight excluding hydrogens is 808 g/mol. The van der Waals surface area contributed by atoms with Gasteiger partial charge in [-0.1, -0.05) is 142 Å². The molecule has 2 nitrogen and oxygen atoms in total. The summed E-state index contributed by atoms with van der Waals surface area (Å²) in [6, 6.07) is 53.9. The molecule has 0 atom stereocenters. The summed E-state index contributed by atoms with van der Waals surface area (Å²) >= 11 is 0. The summed E-state index contributed by atoms with van der Waals surface area (Å²) in [6.45, 7) is 13.4. The van der Waals surface area contributed by atoms with E-state index in [2.05, 4.69) is 192 Å². The second-order valence-electron chi connectivity index (χ2n) is 19.4. The van der Waals surface area contributed by atoms with E-state index in [1.54, 1.807) is 0 Å². The van der Waals surface area contributed by atoms with Gasteiger partial charge in [0.05, 0.1) is 11.0 Å². The van der Waals surface area contributed by atoms with Gasteiger partial charge in [0.15, 0.2) is 0 Å². The Labute approximate surface area is 399 Å². The highest BCUT2D eigenvalue weighted by Crippen LogP contribution is 2.73. The van der Waals surface area contributed by atoms with Crippen LogP contribution in [0.15, 0.2) is 171 Å². The molecule has 0 aliphatic rings. The number of benzene rings is 8. The van der Waals surface area contributed by atoms with E-state index in [1.165, 1.54) is 25.8 Å². The Balaban J connectivity index is 1.34. The van der Waals surface area contributed by atoms with Gasteiger partial charge in [-0.3, -0.25) is 0 Å². The van der Waals surface area contributed by atoms with Crippen LogP contribution in [0.5, 0.6) is 0 Å². The normalized spacial score (nSPS) is 12.8. The quantitative estimate of drug-likeness (QED) is 0.155. The molecule has 0 aliphatic carbocycles. The van der Waals surface area contributed by atoms with Gasteiger partial charge in [-0.15, -0.1) is 21.0 Å². The number of rotatable bonds is 6. The molecule has 2 aromatic heterocycles. The molecule has 0 spiro atoms. The fourth-order valence-corrected chi connectivity index (χ4v) is 13.8. The molecule has 8 aromatic carbocycles. The zero-order chi connectivity index (χ0) is 46.6. The van der Waals surface area contributed by atoms with Crippen LogP contribution in [0.2, 0.25) is 0 Å². The highest BCUT2D eigenvalue weighted by molar-refractivity contribution is 8.34. The van der Waals surface area contributed by atoms with E-state index >= 15 is 0 Å². The number of hydrogen-bond donors (Lipinski definition) is 0. The molecular formula is C56H43B7N2S. The predicted octanol–water partition coefficient (Wildman–Crippen LogP) is 7.37. The van der Waals surface area contributed by atoms with Crippen LogP contribution in [0.4, 0.5) is 0 Å². The topological polar surface area (TPSA) is 9.86 Å². The van der Waals surface area contributed by atoms with Gasteiger partial charge in [-0.25, -0.2) is 0 Å². The third-order valence-electron chi connectivity index (χ3n) is 13.3. The van der Waals surface area contributed by atoms with Gasteiger partial charge in [0.2, 0.25) is 0 Å². The minimum atomic E-state index is -2.09. The van der Waals surface area contributed by atoms with E-state index in [0.717, 1.165) is 32.4 Å². The molecule has 66 heavy (non-hydrogen) atoms. The van der Waals surface area contributed by atoms with Gasteiger partial charge in [0.25, 0.3) is 0 Å². The lowest BCUT2D eigenvalue weighted by Crippen LogP contribution is -2.48. The fourth-order valence-electron chi connectivity index (χ4n) is 9.88. The number of hydrogen-bond acceptors (Lipinski definition) is 0. The van der Waals surface area contributed by atoms with Gasteiger partial charge in [-0.05, 0) is 106 Å². The molecule has 0 amide bonds. The Kier molecular flexibility index (Phi) is 10.6. The van der Waals surface area contributed by atoms with Crippen LogP contribution in [0.3, 0.4) is 0 Å². The maximum Gasteiger partial charge on any atom is 0.117 e. The maximum absolute atomic E-state index is 7.62. The molecule has 10 heteroatoms. The molecule has 0 aliphatic heterocycles. The first kappa shape index (κ1) is 44.0. The van der Waals surface area contributed by atoms with Crippen LogP contribution in [-0.4, -0.2) is 64.1 Å². The van der Waals surface area contributed by atoms with Crippen molar-refractivity contribution in [3.63, 3.8) is 0 Å². The second kappa shape index (κ2) is 15.9. The molecule has 2 heterocycles. The molecule has 0 saturated carbocycles. The van der Waals surface area contributed by atoms with Crippen molar-refractivity contribution >= 4 is 147 Å². The maximum atomic E-state index is 7.62. The molecule has 14 radical (unpaired) electrons. The molecule has 10 aromatic rings. The highest BCUT2D eigenvalue weighted by atomic mass is 32.3. The minimum Gasteiger partial charge on any atom is -0.310 e. The Bertz CT molecular complexity index is 3400. The van der Waals surface area contributed by atoms with Crippen molar-refractivity contribution in [3.05, 3.63) is 163 Å². The van der Waals surface area contributed by atoms with Crippen molar-refractivity contribution in [2.75, 3.05) is 0 Å². The zero-order valence-corrected chi connectivity index (χ0v) is 39.1. The van der Waals surface area contributed by atoms with Gasteiger partial charge in [0, 0.05) is 58.1 Å². The summed E-state index contributed by atoms with van der Waals surface area (Å²) in [6.07, 6.45) is 0. The molecule has 0 bridgehead atoms. The van der Waals surface area contributed by atoms with Crippen LogP contribution in [0, 0.1) is 0 Å². The Morgan fingerprint density at radius 2 is 0.773 bits per heavy atom. The molecule has 0 fully saturated rings. The van der Waals surface area contributed by atoms with E-state index in [9.17, 15) is 0 Å². The summed E-state index contributed by atoms with van der Waals surface area (Å²) in [5.74, 6) is 0. The number of fused-ring (bicyclic) bond motifs is 6.